The molecule has 0 amide bonds. The second-order valence-corrected chi connectivity index (χ2v) is 10.7. The van der Waals surface area contributed by atoms with Crippen LogP contribution in [0.4, 0.5) is 4.39 Å². The van der Waals surface area contributed by atoms with Crippen LogP contribution in [0.15, 0.2) is 46.1 Å². The van der Waals surface area contributed by atoms with Gasteiger partial charge in [0.05, 0.1) is 12.7 Å². The van der Waals surface area contributed by atoms with Crippen LogP contribution in [0.3, 0.4) is 0 Å². The zero-order valence-corrected chi connectivity index (χ0v) is 21.8. The molecule has 1 aliphatic heterocycles. The Labute approximate surface area is 215 Å². The summed E-state index contributed by atoms with van der Waals surface area (Å²) in [7, 11) is -1.82. The number of aromatic amines is 1. The number of aromatic nitrogens is 2. The van der Waals surface area contributed by atoms with Crippen LogP contribution in [0, 0.1) is 11.7 Å². The van der Waals surface area contributed by atoms with E-state index in [2.05, 4.69) is 10.1 Å². The van der Waals surface area contributed by atoms with Gasteiger partial charge in [0.2, 0.25) is 0 Å². The molecule has 1 saturated heterocycles. The highest BCUT2D eigenvalue weighted by Gasteiger charge is 2.35. The first-order valence-corrected chi connectivity index (χ1v) is 13.8. The number of H-pyrrole nitrogens is 1. The van der Waals surface area contributed by atoms with Gasteiger partial charge in [-0.2, -0.15) is 0 Å². The molecule has 12 heteroatoms. The summed E-state index contributed by atoms with van der Waals surface area (Å²) in [5.41, 5.74) is -1.02. The number of halogens is 1. The van der Waals surface area contributed by atoms with Crippen LogP contribution in [0.2, 0.25) is 0 Å². The molecule has 2 aromatic rings. The Hall–Kier alpha value is -2.59. The molecule has 1 saturated carbocycles. The third kappa shape index (κ3) is 7.70. The topological polar surface area (TPSA) is 121 Å². The third-order valence-electron chi connectivity index (χ3n) is 6.45. The number of benzene rings is 1. The maximum absolute atomic E-state index is 13.4. The summed E-state index contributed by atoms with van der Waals surface area (Å²) in [5.74, 6) is -0.411. The second-order valence-electron chi connectivity index (χ2n) is 9.52. The van der Waals surface area contributed by atoms with Gasteiger partial charge in [-0.1, -0.05) is 13.3 Å². The van der Waals surface area contributed by atoms with Gasteiger partial charge in [-0.3, -0.25) is 19.1 Å². The van der Waals surface area contributed by atoms with E-state index in [9.17, 15) is 18.8 Å². The van der Waals surface area contributed by atoms with E-state index in [0.717, 1.165) is 32.1 Å². The normalized spacial score (nSPS) is 23.9. The molecule has 1 aromatic carbocycles. The summed E-state index contributed by atoms with van der Waals surface area (Å²) >= 11 is 0. The lowest BCUT2D eigenvalue weighted by Gasteiger charge is -2.26. The predicted molar refractivity (Wildman–Crippen MR) is 134 cm³/mol. The van der Waals surface area contributed by atoms with Gasteiger partial charge in [-0.25, -0.2) is 14.3 Å². The van der Waals surface area contributed by atoms with Crippen molar-refractivity contribution in [1.82, 2.24) is 14.6 Å². The van der Waals surface area contributed by atoms with Crippen molar-refractivity contribution in [3.8, 4) is 5.75 Å². The highest BCUT2D eigenvalue weighted by atomic mass is 31.2. The average molecular weight is 538 g/mol. The molecule has 5 atom stereocenters. The van der Waals surface area contributed by atoms with E-state index in [-0.39, 0.29) is 30.7 Å². The molecule has 202 valence electrons. The maximum atomic E-state index is 13.4. The van der Waals surface area contributed by atoms with Gasteiger partial charge in [-0.05, 0) is 63.3 Å². The number of hydrogen-bond donors (Lipinski definition) is 2. The summed E-state index contributed by atoms with van der Waals surface area (Å²) in [5, 5.41) is 3.06. The number of rotatable bonds is 10. The molecule has 2 N–H and O–H groups in total. The first-order valence-electron chi connectivity index (χ1n) is 12.6. The van der Waals surface area contributed by atoms with E-state index in [1.54, 1.807) is 6.92 Å². The number of nitrogens with zero attached hydrogens (tertiary/aromatic N) is 1. The van der Waals surface area contributed by atoms with Crippen LogP contribution in [0.25, 0.3) is 0 Å². The summed E-state index contributed by atoms with van der Waals surface area (Å²) in [4.78, 5) is 38.5. The maximum Gasteiger partial charge on any atom is 0.330 e. The van der Waals surface area contributed by atoms with E-state index in [0.29, 0.717) is 12.2 Å². The molecule has 4 unspecified atom stereocenters. The van der Waals surface area contributed by atoms with Gasteiger partial charge in [0.1, 0.15) is 29.9 Å². The van der Waals surface area contributed by atoms with Crippen LogP contribution in [-0.4, -0.2) is 40.4 Å². The zero-order chi connectivity index (χ0) is 26.4. The lowest BCUT2D eigenvalue weighted by Crippen LogP contribution is -2.36. The van der Waals surface area contributed by atoms with E-state index >= 15 is 0 Å². The van der Waals surface area contributed by atoms with Crippen molar-refractivity contribution in [2.24, 2.45) is 5.92 Å². The van der Waals surface area contributed by atoms with Crippen molar-refractivity contribution in [3.05, 3.63) is 63.2 Å². The van der Waals surface area contributed by atoms with E-state index in [4.69, 9.17) is 18.5 Å². The first-order chi connectivity index (χ1) is 17.8. The van der Waals surface area contributed by atoms with E-state index in [1.807, 2.05) is 6.92 Å². The monoisotopic (exact) mass is 537 g/mol. The summed E-state index contributed by atoms with van der Waals surface area (Å²) in [6.07, 6.45) is 6.03. The minimum Gasteiger partial charge on any atom is -0.461 e. The molecule has 0 spiro atoms. The Kier molecular flexibility index (Phi) is 9.48. The molecule has 0 radical (unpaired) electrons. The van der Waals surface area contributed by atoms with Gasteiger partial charge < -0.3 is 18.5 Å². The minimum absolute atomic E-state index is 0.0150. The SMILES string of the molecule is CC1CC(COP(N[C@@H](C)C(=O)OC2CCCCC2)Oc2ccc(F)cc2)OC1n1ccc(=O)[nH]c1=O. The lowest BCUT2D eigenvalue weighted by atomic mass is 9.98. The number of carbonyl (C=O) groups is 1. The van der Waals surface area contributed by atoms with Gasteiger partial charge in [0.25, 0.3) is 5.56 Å². The Balaban J connectivity index is 1.37. The Morgan fingerprint density at radius 2 is 1.95 bits per heavy atom. The van der Waals surface area contributed by atoms with Crippen LogP contribution in [-0.2, 0) is 18.8 Å². The van der Waals surface area contributed by atoms with E-state index < -0.39 is 37.9 Å². The van der Waals surface area contributed by atoms with Crippen LogP contribution in [0.5, 0.6) is 5.75 Å². The fraction of sp³-hybridized carbons (Fsp3) is 0.560. The number of esters is 1. The van der Waals surface area contributed by atoms with Crippen molar-refractivity contribution >= 4 is 14.5 Å². The standard InChI is InChI=1S/C25H33FN3O7P/c1-16-14-21(34-23(16)29-13-12-22(30)27-25(29)32)15-33-37(36-20-10-8-18(26)9-11-20)28-17(2)24(31)35-19-6-4-3-5-7-19/h8-13,16-17,19,21,23,28H,3-7,14-15H2,1-2H3,(H,27,30,32)/t16?,17-,21?,23?,37?/m0/s1. The molecule has 10 nitrogen and oxygen atoms in total. The zero-order valence-electron chi connectivity index (χ0n) is 20.9. The number of hydrogen-bond acceptors (Lipinski definition) is 8. The van der Waals surface area contributed by atoms with Crippen LogP contribution < -0.4 is 20.9 Å². The fourth-order valence-corrected chi connectivity index (χ4v) is 5.70. The molecule has 2 fully saturated rings. The van der Waals surface area contributed by atoms with Crippen molar-refractivity contribution in [2.45, 2.75) is 76.9 Å². The fourth-order valence-electron chi connectivity index (χ4n) is 4.48. The minimum atomic E-state index is -1.82. The number of ether oxygens (including phenoxy) is 2. The van der Waals surface area contributed by atoms with Gasteiger partial charge >= 0.3 is 20.2 Å². The molecule has 2 aliphatic rings. The van der Waals surface area contributed by atoms with Crippen molar-refractivity contribution in [1.29, 1.82) is 0 Å². The Morgan fingerprint density at radius 1 is 1.22 bits per heavy atom. The average Bonchev–Trinajstić information content (AvgIpc) is 3.24. The molecule has 1 aliphatic carbocycles. The van der Waals surface area contributed by atoms with Gasteiger partial charge in [-0.15, -0.1) is 0 Å². The molecular weight excluding hydrogens is 504 g/mol. The van der Waals surface area contributed by atoms with Gasteiger partial charge in [0.15, 0.2) is 0 Å². The van der Waals surface area contributed by atoms with Crippen LogP contribution in [0.1, 0.15) is 58.6 Å². The molecule has 37 heavy (non-hydrogen) atoms. The molecular formula is C25H33FN3O7P. The molecule has 2 heterocycles. The highest BCUT2D eigenvalue weighted by Crippen LogP contribution is 2.39. The number of carbonyl (C=O) groups excluding carboxylic acids is 1. The van der Waals surface area contributed by atoms with Crippen molar-refractivity contribution in [3.63, 3.8) is 0 Å². The Bertz CT molecular complexity index is 1150. The molecule has 0 bridgehead atoms. The lowest BCUT2D eigenvalue weighted by molar-refractivity contribution is -0.152. The summed E-state index contributed by atoms with van der Waals surface area (Å²) in [6.45, 7) is 3.76. The van der Waals surface area contributed by atoms with Crippen molar-refractivity contribution in [2.75, 3.05) is 6.61 Å². The smallest absolute Gasteiger partial charge is 0.330 e. The first kappa shape index (κ1) is 27.4. The largest absolute Gasteiger partial charge is 0.461 e. The van der Waals surface area contributed by atoms with Gasteiger partial charge in [0, 0.05) is 18.2 Å². The van der Waals surface area contributed by atoms with Crippen molar-refractivity contribution < 1.29 is 27.7 Å². The van der Waals surface area contributed by atoms with E-state index in [1.165, 1.54) is 41.1 Å². The highest BCUT2D eigenvalue weighted by molar-refractivity contribution is 7.45. The number of nitrogens with one attached hydrogen (secondary N) is 2. The predicted octanol–water partition coefficient (Wildman–Crippen LogP) is 3.78. The Morgan fingerprint density at radius 3 is 2.65 bits per heavy atom. The molecule has 4 rings (SSSR count). The van der Waals surface area contributed by atoms with Crippen LogP contribution >= 0.6 is 8.53 Å². The summed E-state index contributed by atoms with van der Waals surface area (Å²) in [6, 6.07) is 6.09. The quantitative estimate of drug-likeness (QED) is 0.347. The third-order valence-corrected chi connectivity index (χ3v) is 7.80. The molecule has 1 aromatic heterocycles. The summed E-state index contributed by atoms with van der Waals surface area (Å²) < 4.78 is 38.4. The second kappa shape index (κ2) is 12.8.